The molecule has 141 valence electrons. The molecule has 0 bridgehead atoms. The van der Waals surface area contributed by atoms with Crippen LogP contribution in [-0.4, -0.2) is 12.4 Å². The molecule has 0 aromatic heterocycles. The highest BCUT2D eigenvalue weighted by Gasteiger charge is 2.74. The van der Waals surface area contributed by atoms with Crippen LogP contribution in [0.25, 0.3) is 11.1 Å². The molecule has 0 aliphatic heterocycles. The van der Waals surface area contributed by atoms with Gasteiger partial charge in [0.25, 0.3) is 0 Å². The van der Waals surface area contributed by atoms with Crippen molar-refractivity contribution >= 4 is 23.2 Å². The molecular weight excluding hydrogens is 408 g/mol. The van der Waals surface area contributed by atoms with Crippen LogP contribution in [0.5, 0.6) is 0 Å². The predicted octanol–water partition coefficient (Wildman–Crippen LogP) is 7.37. The van der Waals surface area contributed by atoms with Gasteiger partial charge in [0, 0.05) is 11.1 Å². The Morgan fingerprint density at radius 2 is 1.42 bits per heavy atom. The van der Waals surface area contributed by atoms with Gasteiger partial charge in [-0.05, 0) is 42.7 Å². The second-order valence-corrected chi connectivity index (χ2v) is 6.41. The summed E-state index contributed by atoms with van der Waals surface area (Å²) >= 11 is 11.8. The molecule has 2 rings (SSSR count). The van der Waals surface area contributed by atoms with Crippen LogP contribution in [0.1, 0.15) is 16.7 Å². The van der Waals surface area contributed by atoms with E-state index in [2.05, 4.69) is 6.07 Å². The van der Waals surface area contributed by atoms with Crippen LogP contribution in [-0.2, 0) is 5.67 Å². The van der Waals surface area contributed by atoms with Crippen molar-refractivity contribution in [2.45, 2.75) is 31.9 Å². The van der Waals surface area contributed by atoms with E-state index in [1.54, 1.807) is 0 Å². The maximum Gasteiger partial charge on any atom is 0.435 e. The topological polar surface area (TPSA) is 0 Å². The van der Waals surface area contributed by atoms with Crippen LogP contribution >= 0.6 is 23.2 Å². The predicted molar refractivity (Wildman–Crippen MR) is 85.1 cm³/mol. The molecule has 26 heavy (non-hydrogen) atoms. The first kappa shape index (κ1) is 20.8. The Kier molecular flexibility index (Phi) is 5.29. The van der Waals surface area contributed by atoms with E-state index in [9.17, 15) is 30.7 Å². The third-order valence-corrected chi connectivity index (χ3v) is 4.58. The summed E-state index contributed by atoms with van der Waals surface area (Å²) in [7, 11) is 0. The van der Waals surface area contributed by atoms with Crippen molar-refractivity contribution in [2.75, 3.05) is 0 Å². The fourth-order valence-corrected chi connectivity index (χ4v) is 3.06. The molecule has 0 spiro atoms. The average molecular weight is 418 g/mol. The molecule has 2 aromatic carbocycles. The molecule has 0 heterocycles. The smallest absolute Gasteiger partial charge is 0.218 e. The summed E-state index contributed by atoms with van der Waals surface area (Å²) in [6.45, 7) is 2.43. The highest BCUT2D eigenvalue weighted by molar-refractivity contribution is 6.43. The van der Waals surface area contributed by atoms with Gasteiger partial charge in [-0.15, -0.1) is 0 Å². The van der Waals surface area contributed by atoms with Gasteiger partial charge in [-0.1, -0.05) is 41.4 Å². The molecule has 0 aliphatic rings. The van der Waals surface area contributed by atoms with Crippen LogP contribution in [0.3, 0.4) is 0 Å². The summed E-state index contributed by atoms with van der Waals surface area (Å²) in [5.41, 5.74) is -8.31. The Morgan fingerprint density at radius 1 is 0.885 bits per heavy atom. The Bertz CT molecular complexity index is 824. The highest BCUT2D eigenvalue weighted by Crippen LogP contribution is 2.56. The standard InChI is InChI=1S/C17H10Cl2F7/c1-8-6-9(2)13(10-4-3-5-12(18)14(10)19)11(7-8)15(20,16(21,22)23)17(24,25)26/h3-5,7H,1-2H3. The van der Waals surface area contributed by atoms with E-state index < -0.39 is 29.1 Å². The van der Waals surface area contributed by atoms with E-state index in [1.807, 2.05) is 0 Å². The van der Waals surface area contributed by atoms with Crippen LogP contribution in [0.2, 0.25) is 10.0 Å². The van der Waals surface area contributed by atoms with Crippen LogP contribution < -0.4 is 0 Å². The van der Waals surface area contributed by atoms with Crippen molar-refractivity contribution in [1.82, 2.24) is 0 Å². The van der Waals surface area contributed by atoms with E-state index >= 15 is 0 Å². The zero-order valence-corrected chi connectivity index (χ0v) is 14.7. The van der Waals surface area contributed by atoms with Crippen LogP contribution in [0, 0.1) is 19.9 Å². The fourth-order valence-electron chi connectivity index (χ4n) is 2.67. The van der Waals surface area contributed by atoms with Gasteiger partial charge in [0.1, 0.15) is 0 Å². The minimum atomic E-state index is -6.24. The van der Waals surface area contributed by atoms with Gasteiger partial charge in [-0.25, -0.2) is 4.39 Å². The molecule has 0 atom stereocenters. The monoisotopic (exact) mass is 417 g/mol. The number of hydrogen-bond donors (Lipinski definition) is 0. The van der Waals surface area contributed by atoms with E-state index in [4.69, 9.17) is 23.2 Å². The molecule has 1 radical (unpaired) electrons. The fraction of sp³-hybridized carbons (Fsp3) is 0.294. The van der Waals surface area contributed by atoms with Crippen LogP contribution in [0.4, 0.5) is 30.7 Å². The molecule has 0 saturated carbocycles. The average Bonchev–Trinajstić information content (AvgIpc) is 2.47. The lowest BCUT2D eigenvalue weighted by atomic mass is 9.83. The third kappa shape index (κ3) is 3.27. The number of alkyl halides is 7. The van der Waals surface area contributed by atoms with E-state index in [0.717, 1.165) is 6.07 Å². The molecule has 0 N–H and O–H groups in total. The van der Waals surface area contributed by atoms with Gasteiger partial charge in [0.05, 0.1) is 10.0 Å². The first-order valence-electron chi connectivity index (χ1n) is 7.02. The van der Waals surface area contributed by atoms with E-state index in [0.29, 0.717) is 6.07 Å². The maximum atomic E-state index is 14.7. The molecule has 2 aromatic rings. The molecule has 0 fully saturated rings. The van der Waals surface area contributed by atoms with Crippen LogP contribution in [0.15, 0.2) is 24.3 Å². The zero-order chi connectivity index (χ0) is 20.1. The van der Waals surface area contributed by atoms with Crippen molar-refractivity contribution in [3.8, 4) is 11.1 Å². The summed E-state index contributed by atoms with van der Waals surface area (Å²) in [5.74, 6) is 0. The molecular formula is C17H10Cl2F7. The second kappa shape index (κ2) is 6.60. The summed E-state index contributed by atoms with van der Waals surface area (Å²) < 4.78 is 94.3. The lowest BCUT2D eigenvalue weighted by Crippen LogP contribution is -2.50. The number of halogens is 9. The number of aryl methyl sites for hydroxylation is 2. The molecule has 0 unspecified atom stereocenters. The second-order valence-electron chi connectivity index (χ2n) is 5.62. The van der Waals surface area contributed by atoms with Crippen molar-refractivity contribution in [3.05, 3.63) is 57.1 Å². The lowest BCUT2D eigenvalue weighted by molar-refractivity contribution is -0.348. The number of rotatable bonds is 2. The van der Waals surface area contributed by atoms with Gasteiger partial charge >= 0.3 is 18.0 Å². The Hall–Kier alpha value is -1.47. The first-order chi connectivity index (χ1) is 11.7. The number of hydrogen-bond acceptors (Lipinski definition) is 0. The maximum absolute atomic E-state index is 14.7. The summed E-state index contributed by atoms with van der Waals surface area (Å²) in [6, 6.07) is 6.82. The summed E-state index contributed by atoms with van der Waals surface area (Å²) in [4.78, 5) is 0. The minimum absolute atomic E-state index is 0.0880. The first-order valence-corrected chi connectivity index (χ1v) is 7.78. The van der Waals surface area contributed by atoms with Gasteiger partial charge in [-0.2, -0.15) is 26.3 Å². The molecule has 0 aliphatic carbocycles. The summed E-state index contributed by atoms with van der Waals surface area (Å²) in [6.07, 6.45) is -12.5. The zero-order valence-electron chi connectivity index (χ0n) is 13.2. The van der Waals surface area contributed by atoms with Gasteiger partial charge < -0.3 is 0 Å². The normalized spacial score (nSPS) is 13.2. The van der Waals surface area contributed by atoms with Crippen molar-refractivity contribution in [2.24, 2.45) is 0 Å². The SMILES string of the molecule is Cc1[c]c(C)c(-c2cccc(Cl)c2Cl)c(C(F)(C(F)(F)F)C(F)(F)F)c1. The Labute approximate surface area is 154 Å². The lowest BCUT2D eigenvalue weighted by Gasteiger charge is -2.33. The van der Waals surface area contributed by atoms with E-state index in [-0.39, 0.29) is 26.7 Å². The van der Waals surface area contributed by atoms with E-state index in [1.165, 1.54) is 26.0 Å². The third-order valence-electron chi connectivity index (χ3n) is 3.76. The minimum Gasteiger partial charge on any atom is -0.218 e. The van der Waals surface area contributed by atoms with Gasteiger partial charge in [0.15, 0.2) is 0 Å². The largest absolute Gasteiger partial charge is 0.435 e. The van der Waals surface area contributed by atoms with Crippen molar-refractivity contribution in [3.63, 3.8) is 0 Å². The number of benzene rings is 2. The molecule has 9 heteroatoms. The van der Waals surface area contributed by atoms with Gasteiger partial charge in [-0.3, -0.25) is 0 Å². The summed E-state index contributed by atoms with van der Waals surface area (Å²) in [5, 5.41) is -0.388. The molecule has 0 saturated heterocycles. The Morgan fingerprint density at radius 3 is 1.92 bits per heavy atom. The molecule has 0 amide bonds. The van der Waals surface area contributed by atoms with Gasteiger partial charge in [0.2, 0.25) is 0 Å². The molecule has 0 nitrogen and oxygen atoms in total. The Balaban J connectivity index is 3.00. The quantitative estimate of drug-likeness (QED) is 0.447. The van der Waals surface area contributed by atoms with Crippen molar-refractivity contribution < 1.29 is 30.7 Å². The van der Waals surface area contributed by atoms with Crippen molar-refractivity contribution in [1.29, 1.82) is 0 Å². The highest BCUT2D eigenvalue weighted by atomic mass is 35.5.